The number of rotatable bonds is 2. The average molecular weight is 378 g/mol. The molecule has 0 saturated heterocycles. The number of hydrogen-bond acceptors (Lipinski definition) is 2. The summed E-state index contributed by atoms with van der Waals surface area (Å²) in [6, 6.07) is 4.07. The Morgan fingerprint density at radius 1 is 1.17 bits per heavy atom. The maximum atomic E-state index is 5.63. The van der Waals surface area contributed by atoms with Crippen LogP contribution in [0, 0.1) is 5.41 Å². The molecule has 1 aliphatic rings. The maximum Gasteiger partial charge on any atom is 0.162 e. The normalized spacial score (nSPS) is 16.5. The number of ether oxygens (including phenoxy) is 2. The van der Waals surface area contributed by atoms with Crippen LogP contribution in [0.4, 0.5) is 0 Å². The van der Waals surface area contributed by atoms with Crippen molar-refractivity contribution in [2.45, 2.75) is 32.0 Å². The zero-order valence-corrected chi connectivity index (χ0v) is 14.1. The van der Waals surface area contributed by atoms with Gasteiger partial charge < -0.3 is 9.47 Å². The smallest absolute Gasteiger partial charge is 0.162 e. The van der Waals surface area contributed by atoms with Gasteiger partial charge in [-0.25, -0.2) is 0 Å². The van der Waals surface area contributed by atoms with E-state index in [2.05, 4.69) is 58.7 Å². The summed E-state index contributed by atoms with van der Waals surface area (Å²) in [5.41, 5.74) is 1.50. The van der Waals surface area contributed by atoms with Gasteiger partial charge in [0.1, 0.15) is 13.2 Å². The van der Waals surface area contributed by atoms with Crippen LogP contribution in [0.2, 0.25) is 0 Å². The molecule has 1 atom stereocenters. The second kappa shape index (κ2) is 5.41. The van der Waals surface area contributed by atoms with Crippen molar-refractivity contribution in [3.63, 3.8) is 0 Å². The Kier molecular flexibility index (Phi) is 4.27. The molecule has 100 valence electrons. The van der Waals surface area contributed by atoms with Gasteiger partial charge in [0.15, 0.2) is 11.5 Å². The molecule has 1 heterocycles. The van der Waals surface area contributed by atoms with Gasteiger partial charge in [-0.2, -0.15) is 0 Å². The lowest BCUT2D eigenvalue weighted by atomic mass is 9.88. The molecule has 0 spiro atoms. The van der Waals surface area contributed by atoms with Crippen molar-refractivity contribution in [2.24, 2.45) is 5.41 Å². The second-order valence-electron chi connectivity index (χ2n) is 5.75. The van der Waals surface area contributed by atoms with E-state index >= 15 is 0 Å². The van der Waals surface area contributed by atoms with Crippen LogP contribution >= 0.6 is 31.9 Å². The van der Waals surface area contributed by atoms with Gasteiger partial charge in [0.25, 0.3) is 0 Å². The molecule has 4 heteroatoms. The van der Waals surface area contributed by atoms with E-state index in [1.54, 1.807) is 0 Å². The van der Waals surface area contributed by atoms with Crippen LogP contribution in [0.1, 0.15) is 37.6 Å². The summed E-state index contributed by atoms with van der Waals surface area (Å²) in [4.78, 5) is 0.308. The third kappa shape index (κ3) is 3.41. The predicted octanol–water partition coefficient (Wildman–Crippen LogP) is 5.09. The summed E-state index contributed by atoms with van der Waals surface area (Å²) in [5.74, 6) is 1.67. The van der Waals surface area contributed by atoms with Gasteiger partial charge in [0, 0.05) is 9.30 Å². The summed E-state index contributed by atoms with van der Waals surface area (Å²) in [7, 11) is 0. The van der Waals surface area contributed by atoms with Crippen LogP contribution in [-0.2, 0) is 0 Å². The lowest BCUT2D eigenvalue weighted by Gasteiger charge is -2.25. The molecule has 0 amide bonds. The number of benzene rings is 1. The summed E-state index contributed by atoms with van der Waals surface area (Å²) in [6.45, 7) is 7.98. The molecule has 0 radical (unpaired) electrons. The maximum absolute atomic E-state index is 5.63. The third-order valence-corrected chi connectivity index (χ3v) is 4.29. The first-order valence-corrected chi connectivity index (χ1v) is 7.81. The molecule has 1 aromatic carbocycles. The first kappa shape index (κ1) is 14.2. The van der Waals surface area contributed by atoms with Crippen LogP contribution in [0.5, 0.6) is 11.5 Å². The average Bonchev–Trinajstić information content (AvgIpc) is 2.25. The van der Waals surface area contributed by atoms with E-state index < -0.39 is 0 Å². The van der Waals surface area contributed by atoms with Crippen molar-refractivity contribution < 1.29 is 9.47 Å². The standard InChI is InChI=1S/C14H18Br2O2/c1-14(2,3)8-11(16)9-6-12-13(7-10(9)15)18-5-4-17-12/h6-7,11H,4-5,8H2,1-3H3. The van der Waals surface area contributed by atoms with E-state index in [1.807, 2.05) is 6.07 Å². The first-order chi connectivity index (χ1) is 8.37. The van der Waals surface area contributed by atoms with Gasteiger partial charge in [-0.1, -0.05) is 52.6 Å². The molecular weight excluding hydrogens is 360 g/mol. The molecule has 0 aromatic heterocycles. The fourth-order valence-electron chi connectivity index (χ4n) is 1.97. The molecule has 0 fully saturated rings. The summed E-state index contributed by atoms with van der Waals surface area (Å²) < 4.78 is 12.3. The molecular formula is C14H18Br2O2. The van der Waals surface area contributed by atoms with Gasteiger partial charge in [-0.05, 0) is 29.5 Å². The van der Waals surface area contributed by atoms with Crippen LogP contribution in [0.15, 0.2) is 16.6 Å². The van der Waals surface area contributed by atoms with Crippen LogP contribution in [-0.4, -0.2) is 13.2 Å². The molecule has 1 aliphatic heterocycles. The SMILES string of the molecule is CC(C)(C)CC(Br)c1cc2c(cc1Br)OCCO2. The van der Waals surface area contributed by atoms with Gasteiger partial charge in [0.05, 0.1) is 0 Å². The number of halogens is 2. The molecule has 0 bridgehead atoms. The fourth-order valence-corrected chi connectivity index (χ4v) is 4.22. The molecule has 0 saturated carbocycles. The predicted molar refractivity (Wildman–Crippen MR) is 80.9 cm³/mol. The van der Waals surface area contributed by atoms with Crippen molar-refractivity contribution in [1.82, 2.24) is 0 Å². The lowest BCUT2D eigenvalue weighted by Crippen LogP contribution is -2.16. The lowest BCUT2D eigenvalue weighted by molar-refractivity contribution is 0.171. The fraction of sp³-hybridized carbons (Fsp3) is 0.571. The number of alkyl halides is 1. The summed E-state index contributed by atoms with van der Waals surface area (Å²) in [6.07, 6.45) is 1.06. The minimum Gasteiger partial charge on any atom is -0.486 e. The van der Waals surface area contributed by atoms with Crippen molar-refractivity contribution in [3.8, 4) is 11.5 Å². The van der Waals surface area contributed by atoms with Crippen LogP contribution in [0.25, 0.3) is 0 Å². The van der Waals surface area contributed by atoms with Gasteiger partial charge in [-0.3, -0.25) is 0 Å². The summed E-state index contributed by atoms with van der Waals surface area (Å²) in [5, 5.41) is 0. The highest BCUT2D eigenvalue weighted by atomic mass is 79.9. The topological polar surface area (TPSA) is 18.5 Å². The van der Waals surface area contributed by atoms with E-state index in [4.69, 9.17) is 9.47 Å². The van der Waals surface area contributed by atoms with Gasteiger partial charge >= 0.3 is 0 Å². The zero-order valence-electron chi connectivity index (χ0n) is 10.9. The number of hydrogen-bond donors (Lipinski definition) is 0. The highest BCUT2D eigenvalue weighted by Gasteiger charge is 2.22. The Morgan fingerprint density at radius 2 is 1.72 bits per heavy atom. The Bertz CT molecular complexity index is 438. The van der Waals surface area contributed by atoms with E-state index in [9.17, 15) is 0 Å². The van der Waals surface area contributed by atoms with E-state index in [-0.39, 0.29) is 5.41 Å². The highest BCUT2D eigenvalue weighted by Crippen LogP contribution is 2.43. The molecule has 1 unspecified atom stereocenters. The first-order valence-electron chi connectivity index (χ1n) is 6.10. The Hall–Kier alpha value is -0.220. The van der Waals surface area contributed by atoms with Crippen molar-refractivity contribution in [3.05, 3.63) is 22.2 Å². The Morgan fingerprint density at radius 3 is 2.28 bits per heavy atom. The molecule has 1 aromatic rings. The van der Waals surface area contributed by atoms with E-state index in [0.717, 1.165) is 22.4 Å². The Balaban J connectivity index is 2.27. The third-order valence-electron chi connectivity index (χ3n) is 2.79. The van der Waals surface area contributed by atoms with Gasteiger partial charge in [0.2, 0.25) is 0 Å². The molecule has 0 N–H and O–H groups in total. The minimum absolute atomic E-state index is 0.279. The monoisotopic (exact) mass is 376 g/mol. The molecule has 2 nitrogen and oxygen atoms in total. The van der Waals surface area contributed by atoms with Crippen molar-refractivity contribution >= 4 is 31.9 Å². The van der Waals surface area contributed by atoms with Crippen molar-refractivity contribution in [2.75, 3.05) is 13.2 Å². The van der Waals surface area contributed by atoms with Crippen LogP contribution in [0.3, 0.4) is 0 Å². The quantitative estimate of drug-likeness (QED) is 0.668. The molecule has 18 heavy (non-hydrogen) atoms. The Labute approximate surface area is 125 Å². The van der Waals surface area contributed by atoms with Gasteiger partial charge in [-0.15, -0.1) is 0 Å². The second-order valence-corrected chi connectivity index (χ2v) is 7.71. The molecule has 0 aliphatic carbocycles. The summed E-state index contributed by atoms with van der Waals surface area (Å²) >= 11 is 7.39. The minimum atomic E-state index is 0.279. The zero-order chi connectivity index (χ0) is 13.3. The van der Waals surface area contributed by atoms with E-state index in [1.165, 1.54) is 5.56 Å². The largest absolute Gasteiger partial charge is 0.486 e. The van der Waals surface area contributed by atoms with E-state index in [0.29, 0.717) is 18.0 Å². The van der Waals surface area contributed by atoms with Crippen molar-refractivity contribution in [1.29, 1.82) is 0 Å². The molecule has 2 rings (SSSR count). The highest BCUT2D eigenvalue weighted by molar-refractivity contribution is 9.11. The van der Waals surface area contributed by atoms with Crippen LogP contribution < -0.4 is 9.47 Å². The number of fused-ring (bicyclic) bond motifs is 1.